The highest BCUT2D eigenvalue weighted by Crippen LogP contribution is 2.20. The lowest BCUT2D eigenvalue weighted by atomic mass is 10.2. The summed E-state index contributed by atoms with van der Waals surface area (Å²) in [5, 5.41) is 14.4. The van der Waals surface area contributed by atoms with Gasteiger partial charge in [-0.15, -0.1) is 0 Å². The molecule has 0 radical (unpaired) electrons. The van der Waals surface area contributed by atoms with Gasteiger partial charge in [0, 0.05) is 24.6 Å². The zero-order valence-electron chi connectivity index (χ0n) is 9.55. The van der Waals surface area contributed by atoms with Crippen molar-refractivity contribution in [2.45, 2.75) is 13.5 Å². The summed E-state index contributed by atoms with van der Waals surface area (Å²) in [6.07, 6.45) is 1.83. The van der Waals surface area contributed by atoms with E-state index in [2.05, 4.69) is 5.10 Å². The number of fused-ring (bicyclic) bond motifs is 1. The van der Waals surface area contributed by atoms with Crippen molar-refractivity contribution in [3.8, 4) is 5.75 Å². The second-order valence-electron chi connectivity index (χ2n) is 4.04. The molecule has 1 heterocycles. The number of hydrogen-bond donors (Lipinski definition) is 1. The zero-order valence-corrected chi connectivity index (χ0v) is 9.55. The number of hydrogen-bond acceptors (Lipinski definition) is 3. The van der Waals surface area contributed by atoms with E-state index in [0.29, 0.717) is 6.54 Å². The van der Waals surface area contributed by atoms with Crippen molar-refractivity contribution in [1.29, 1.82) is 0 Å². The fourth-order valence-corrected chi connectivity index (χ4v) is 1.68. The predicted octanol–water partition coefficient (Wildman–Crippen LogP) is 1.67. The van der Waals surface area contributed by atoms with Crippen molar-refractivity contribution in [1.82, 2.24) is 9.78 Å². The first kappa shape index (κ1) is 11.0. The molecule has 1 N–H and O–H groups in total. The highest BCUT2D eigenvalue weighted by molar-refractivity contribution is 5.80. The van der Waals surface area contributed by atoms with E-state index in [4.69, 9.17) is 9.84 Å². The number of ether oxygens (including phenoxy) is 1. The van der Waals surface area contributed by atoms with Crippen LogP contribution in [0.15, 0.2) is 24.4 Å². The highest BCUT2D eigenvalue weighted by Gasteiger charge is 2.07. The van der Waals surface area contributed by atoms with Crippen molar-refractivity contribution in [3.63, 3.8) is 0 Å². The van der Waals surface area contributed by atoms with Gasteiger partial charge in [0.15, 0.2) is 0 Å². The van der Waals surface area contributed by atoms with Crippen LogP contribution in [-0.2, 0) is 6.54 Å². The quantitative estimate of drug-likeness (QED) is 0.852. The van der Waals surface area contributed by atoms with Gasteiger partial charge in [0.25, 0.3) is 0 Å². The van der Waals surface area contributed by atoms with Gasteiger partial charge < -0.3 is 9.84 Å². The van der Waals surface area contributed by atoms with E-state index < -0.39 is 0 Å². The summed E-state index contributed by atoms with van der Waals surface area (Å²) in [5.74, 6) is 1.03. The van der Waals surface area contributed by atoms with Crippen molar-refractivity contribution >= 4 is 10.9 Å². The molecule has 0 fully saturated rings. The van der Waals surface area contributed by atoms with Gasteiger partial charge >= 0.3 is 0 Å². The van der Waals surface area contributed by atoms with Gasteiger partial charge in [0.1, 0.15) is 5.75 Å². The molecule has 0 aliphatic rings. The molecule has 1 atom stereocenters. The van der Waals surface area contributed by atoms with Crippen LogP contribution < -0.4 is 4.74 Å². The Morgan fingerprint density at radius 1 is 1.50 bits per heavy atom. The molecule has 2 aromatic rings. The molecule has 0 spiro atoms. The van der Waals surface area contributed by atoms with E-state index in [1.165, 1.54) is 0 Å². The van der Waals surface area contributed by atoms with Gasteiger partial charge in [-0.3, -0.25) is 4.68 Å². The van der Waals surface area contributed by atoms with Crippen LogP contribution in [0.5, 0.6) is 5.75 Å². The lowest BCUT2D eigenvalue weighted by Gasteiger charge is -2.09. The lowest BCUT2D eigenvalue weighted by molar-refractivity contribution is 0.220. The maximum atomic E-state index is 9.04. The van der Waals surface area contributed by atoms with E-state index in [-0.39, 0.29) is 12.5 Å². The summed E-state index contributed by atoms with van der Waals surface area (Å²) in [7, 11) is 1.65. The minimum absolute atomic E-state index is 0.172. The maximum Gasteiger partial charge on any atom is 0.121 e. The average molecular weight is 220 g/mol. The zero-order chi connectivity index (χ0) is 11.5. The molecule has 1 aromatic heterocycles. The SMILES string of the molecule is COc1ccc2cnn(C[C@H](C)CO)c2c1. The van der Waals surface area contributed by atoms with Crippen molar-refractivity contribution in [3.05, 3.63) is 24.4 Å². The van der Waals surface area contributed by atoms with E-state index in [0.717, 1.165) is 16.7 Å². The molecule has 86 valence electrons. The fourth-order valence-electron chi connectivity index (χ4n) is 1.68. The van der Waals surface area contributed by atoms with Crippen LogP contribution in [0.4, 0.5) is 0 Å². The summed E-state index contributed by atoms with van der Waals surface area (Å²) >= 11 is 0. The van der Waals surface area contributed by atoms with Crippen molar-refractivity contribution in [2.75, 3.05) is 13.7 Å². The lowest BCUT2D eigenvalue weighted by Crippen LogP contribution is -2.11. The van der Waals surface area contributed by atoms with Crippen LogP contribution in [0.3, 0.4) is 0 Å². The molecule has 16 heavy (non-hydrogen) atoms. The molecule has 0 unspecified atom stereocenters. The first-order chi connectivity index (χ1) is 7.74. The molecule has 2 rings (SSSR count). The predicted molar refractivity (Wildman–Crippen MR) is 62.5 cm³/mol. The Hall–Kier alpha value is -1.55. The van der Waals surface area contributed by atoms with E-state index in [9.17, 15) is 0 Å². The summed E-state index contributed by atoms with van der Waals surface area (Å²) in [5.41, 5.74) is 1.04. The van der Waals surface area contributed by atoms with Gasteiger partial charge in [-0.2, -0.15) is 5.10 Å². The molecular formula is C12H16N2O2. The number of benzene rings is 1. The number of rotatable bonds is 4. The second-order valence-corrected chi connectivity index (χ2v) is 4.04. The summed E-state index contributed by atoms with van der Waals surface area (Å²) in [6.45, 7) is 2.88. The van der Waals surface area contributed by atoms with Crippen LogP contribution in [0.2, 0.25) is 0 Å². The van der Waals surface area contributed by atoms with Crippen LogP contribution in [-0.4, -0.2) is 28.6 Å². The van der Waals surface area contributed by atoms with Crippen LogP contribution >= 0.6 is 0 Å². The molecule has 0 saturated carbocycles. The minimum Gasteiger partial charge on any atom is -0.497 e. The third-order valence-electron chi connectivity index (χ3n) is 2.65. The Labute approximate surface area is 94.5 Å². The summed E-state index contributed by atoms with van der Waals surface area (Å²) < 4.78 is 7.09. The Bertz CT molecular complexity index is 479. The number of aliphatic hydroxyl groups is 1. The topological polar surface area (TPSA) is 47.3 Å². The van der Waals surface area contributed by atoms with E-state index in [1.54, 1.807) is 7.11 Å². The van der Waals surface area contributed by atoms with Gasteiger partial charge in [0.2, 0.25) is 0 Å². The normalized spacial score (nSPS) is 12.9. The number of methoxy groups -OCH3 is 1. The second kappa shape index (κ2) is 4.53. The number of nitrogens with zero attached hydrogens (tertiary/aromatic N) is 2. The average Bonchev–Trinajstić information content (AvgIpc) is 2.71. The standard InChI is InChI=1S/C12H16N2O2/c1-9(8-15)7-14-12-5-11(16-2)4-3-10(12)6-13-14/h3-6,9,15H,7-8H2,1-2H3/t9-/m0/s1. The van der Waals surface area contributed by atoms with Gasteiger partial charge in [-0.05, 0) is 18.1 Å². The number of aliphatic hydroxyl groups excluding tert-OH is 1. The van der Waals surface area contributed by atoms with Gasteiger partial charge in [0.05, 0.1) is 18.8 Å². The molecule has 0 aliphatic heterocycles. The minimum atomic E-state index is 0.172. The Morgan fingerprint density at radius 3 is 3.00 bits per heavy atom. The molecule has 0 aliphatic carbocycles. The van der Waals surface area contributed by atoms with Gasteiger partial charge in [-0.25, -0.2) is 0 Å². The van der Waals surface area contributed by atoms with Crippen molar-refractivity contribution in [2.24, 2.45) is 5.92 Å². The van der Waals surface area contributed by atoms with E-state index >= 15 is 0 Å². The number of aromatic nitrogens is 2. The summed E-state index contributed by atoms with van der Waals surface area (Å²) in [4.78, 5) is 0. The largest absolute Gasteiger partial charge is 0.497 e. The smallest absolute Gasteiger partial charge is 0.121 e. The third kappa shape index (κ3) is 2.02. The Morgan fingerprint density at radius 2 is 2.31 bits per heavy atom. The monoisotopic (exact) mass is 220 g/mol. The highest BCUT2D eigenvalue weighted by atomic mass is 16.5. The molecule has 1 aromatic carbocycles. The van der Waals surface area contributed by atoms with Gasteiger partial charge in [-0.1, -0.05) is 6.92 Å². The summed E-state index contributed by atoms with van der Waals surface area (Å²) in [6, 6.07) is 5.87. The van der Waals surface area contributed by atoms with Crippen LogP contribution in [0, 0.1) is 5.92 Å². The molecule has 0 saturated heterocycles. The first-order valence-electron chi connectivity index (χ1n) is 5.35. The Kier molecular flexibility index (Phi) is 3.10. The molecule has 4 heteroatoms. The molecule has 0 amide bonds. The van der Waals surface area contributed by atoms with Crippen LogP contribution in [0.25, 0.3) is 10.9 Å². The fraction of sp³-hybridized carbons (Fsp3) is 0.417. The van der Waals surface area contributed by atoms with Crippen molar-refractivity contribution < 1.29 is 9.84 Å². The maximum absolute atomic E-state index is 9.04. The van der Waals surface area contributed by atoms with E-state index in [1.807, 2.05) is 36.0 Å². The first-order valence-corrected chi connectivity index (χ1v) is 5.35. The Balaban J connectivity index is 2.38. The molecular weight excluding hydrogens is 204 g/mol. The van der Waals surface area contributed by atoms with Crippen LogP contribution in [0.1, 0.15) is 6.92 Å². The molecule has 0 bridgehead atoms. The molecule has 4 nitrogen and oxygen atoms in total. The third-order valence-corrected chi connectivity index (χ3v) is 2.65.